The van der Waals surface area contributed by atoms with Gasteiger partial charge >= 0.3 is 5.97 Å². The summed E-state index contributed by atoms with van der Waals surface area (Å²) in [6.45, 7) is 1.91. The van der Waals surface area contributed by atoms with Gasteiger partial charge in [-0.2, -0.15) is 0 Å². The summed E-state index contributed by atoms with van der Waals surface area (Å²) in [4.78, 5) is 24.4. The van der Waals surface area contributed by atoms with Crippen molar-refractivity contribution in [1.29, 1.82) is 0 Å². The number of Topliss-reactive ketones (excluding diaryl/α,β-unsaturated/α-hetero) is 1. The number of carbonyl (C=O) groups is 2. The first-order chi connectivity index (χ1) is 15.5. The summed E-state index contributed by atoms with van der Waals surface area (Å²) in [5.41, 5.74) is 3.91. The average molecular weight is 425 g/mol. The van der Waals surface area contributed by atoms with E-state index in [1.807, 2.05) is 59.2 Å². The zero-order valence-electron chi connectivity index (χ0n) is 17.7. The van der Waals surface area contributed by atoms with E-state index in [9.17, 15) is 14.7 Å². The number of aromatic carboxylic acids is 1. The monoisotopic (exact) mass is 425 g/mol. The highest BCUT2D eigenvalue weighted by atomic mass is 16.5. The Morgan fingerprint density at radius 2 is 1.78 bits per heavy atom. The molecule has 5 rings (SSSR count). The molecule has 5 heteroatoms. The Balaban J connectivity index is 1.67. The van der Waals surface area contributed by atoms with Crippen LogP contribution in [0.3, 0.4) is 0 Å². The van der Waals surface area contributed by atoms with Crippen molar-refractivity contribution in [3.8, 4) is 16.9 Å². The standard InChI is InChI=1S/C27H23NO4/c1-17(29)19-7-5-8-20(15-19)25-23-10-2-3-11-24(23)28(26(25)27(30)31)16-18-6-4-9-22(14-18)32-21-12-13-21/h2-11,14-15,21H,12-13,16H2,1H3,(H,30,31). The molecule has 4 aromatic rings. The zero-order valence-corrected chi connectivity index (χ0v) is 17.7. The molecule has 1 aliphatic carbocycles. The lowest BCUT2D eigenvalue weighted by atomic mass is 9.99. The maximum atomic E-state index is 12.5. The molecule has 1 aromatic heterocycles. The highest BCUT2D eigenvalue weighted by Gasteiger charge is 2.25. The van der Waals surface area contributed by atoms with E-state index in [1.54, 1.807) is 18.2 Å². The van der Waals surface area contributed by atoms with Gasteiger partial charge in [0, 0.05) is 28.6 Å². The van der Waals surface area contributed by atoms with Crippen LogP contribution >= 0.6 is 0 Å². The molecular formula is C27H23NO4. The summed E-state index contributed by atoms with van der Waals surface area (Å²) in [5.74, 6) is -0.248. The minimum atomic E-state index is -1.00. The van der Waals surface area contributed by atoms with Crippen molar-refractivity contribution in [2.24, 2.45) is 0 Å². The van der Waals surface area contributed by atoms with E-state index in [2.05, 4.69) is 0 Å². The Kier molecular flexibility index (Phi) is 5.02. The maximum absolute atomic E-state index is 12.5. The summed E-state index contributed by atoms with van der Waals surface area (Å²) in [5, 5.41) is 11.1. The first-order valence-electron chi connectivity index (χ1n) is 10.7. The van der Waals surface area contributed by atoms with E-state index < -0.39 is 5.97 Å². The average Bonchev–Trinajstić information content (AvgIpc) is 3.54. The fourth-order valence-electron chi connectivity index (χ4n) is 4.15. The second kappa shape index (κ2) is 8.00. The van der Waals surface area contributed by atoms with E-state index >= 15 is 0 Å². The number of fused-ring (bicyclic) bond motifs is 1. The number of carboxylic acids is 1. The Labute approximate surface area is 185 Å². The molecule has 0 bridgehead atoms. The molecule has 0 aliphatic heterocycles. The van der Waals surface area contributed by atoms with Crippen molar-refractivity contribution in [3.63, 3.8) is 0 Å². The van der Waals surface area contributed by atoms with Gasteiger partial charge in [-0.15, -0.1) is 0 Å². The highest BCUT2D eigenvalue weighted by molar-refractivity contribution is 6.09. The minimum absolute atomic E-state index is 0.0556. The van der Waals surface area contributed by atoms with Crippen molar-refractivity contribution in [3.05, 3.63) is 89.6 Å². The van der Waals surface area contributed by atoms with Gasteiger partial charge in [-0.3, -0.25) is 4.79 Å². The first-order valence-corrected chi connectivity index (χ1v) is 10.7. The van der Waals surface area contributed by atoms with Gasteiger partial charge in [0.2, 0.25) is 0 Å². The van der Waals surface area contributed by atoms with Crippen LogP contribution in [0.25, 0.3) is 22.0 Å². The van der Waals surface area contributed by atoms with E-state index in [4.69, 9.17) is 4.74 Å². The summed E-state index contributed by atoms with van der Waals surface area (Å²) >= 11 is 0. The molecule has 0 amide bonds. The molecule has 1 heterocycles. The molecule has 1 saturated carbocycles. The van der Waals surface area contributed by atoms with Gasteiger partial charge in [-0.05, 0) is 55.2 Å². The lowest BCUT2D eigenvalue weighted by molar-refractivity contribution is 0.0687. The van der Waals surface area contributed by atoms with Crippen molar-refractivity contribution in [1.82, 2.24) is 4.57 Å². The van der Waals surface area contributed by atoms with E-state index in [-0.39, 0.29) is 11.5 Å². The van der Waals surface area contributed by atoms with Crippen LogP contribution in [0.4, 0.5) is 0 Å². The van der Waals surface area contributed by atoms with Gasteiger partial charge in [0.15, 0.2) is 5.78 Å². The molecule has 0 unspecified atom stereocenters. The number of ether oxygens (including phenoxy) is 1. The van der Waals surface area contributed by atoms with Gasteiger partial charge in [0.1, 0.15) is 11.4 Å². The summed E-state index contributed by atoms with van der Waals surface area (Å²) in [6.07, 6.45) is 2.46. The molecule has 160 valence electrons. The number of para-hydroxylation sites is 1. The van der Waals surface area contributed by atoms with E-state index in [0.717, 1.165) is 40.6 Å². The van der Waals surface area contributed by atoms with Crippen LogP contribution in [0.5, 0.6) is 5.75 Å². The summed E-state index contributed by atoms with van der Waals surface area (Å²) < 4.78 is 7.76. The van der Waals surface area contributed by atoms with Crippen LogP contribution in [0.2, 0.25) is 0 Å². The van der Waals surface area contributed by atoms with E-state index in [1.165, 1.54) is 6.92 Å². The minimum Gasteiger partial charge on any atom is -0.490 e. The quantitative estimate of drug-likeness (QED) is 0.380. The van der Waals surface area contributed by atoms with Crippen LogP contribution in [0, 0.1) is 0 Å². The molecule has 0 spiro atoms. The van der Waals surface area contributed by atoms with Crippen molar-refractivity contribution < 1.29 is 19.4 Å². The second-order valence-electron chi connectivity index (χ2n) is 8.23. The first kappa shape index (κ1) is 20.1. The summed E-state index contributed by atoms with van der Waals surface area (Å²) in [7, 11) is 0. The fourth-order valence-corrected chi connectivity index (χ4v) is 4.15. The Hall–Kier alpha value is -3.86. The maximum Gasteiger partial charge on any atom is 0.353 e. The third-order valence-corrected chi connectivity index (χ3v) is 5.80. The Morgan fingerprint density at radius 3 is 2.53 bits per heavy atom. The van der Waals surface area contributed by atoms with Crippen LogP contribution < -0.4 is 4.74 Å². The van der Waals surface area contributed by atoms with Gasteiger partial charge < -0.3 is 14.4 Å². The third-order valence-electron chi connectivity index (χ3n) is 5.80. The number of hydrogen-bond donors (Lipinski definition) is 1. The number of rotatable bonds is 7. The lowest BCUT2D eigenvalue weighted by Gasteiger charge is -2.11. The lowest BCUT2D eigenvalue weighted by Crippen LogP contribution is -2.11. The number of hydrogen-bond acceptors (Lipinski definition) is 3. The molecule has 32 heavy (non-hydrogen) atoms. The van der Waals surface area contributed by atoms with Crippen LogP contribution in [0.15, 0.2) is 72.8 Å². The Bertz CT molecular complexity index is 1350. The predicted octanol–water partition coefficient (Wildman–Crippen LogP) is 5.80. The normalized spacial score (nSPS) is 13.3. The van der Waals surface area contributed by atoms with Gasteiger partial charge in [0.25, 0.3) is 0 Å². The van der Waals surface area contributed by atoms with Gasteiger partial charge in [-0.1, -0.05) is 48.5 Å². The van der Waals surface area contributed by atoms with Crippen molar-refractivity contribution in [2.75, 3.05) is 0 Å². The molecule has 1 aliphatic rings. The SMILES string of the molecule is CC(=O)c1cccc(-c2c(C(=O)O)n(Cc3cccc(OC4CC4)c3)c3ccccc23)c1. The summed E-state index contributed by atoms with van der Waals surface area (Å²) in [6, 6.07) is 22.7. The molecule has 0 atom stereocenters. The molecule has 0 radical (unpaired) electrons. The number of benzene rings is 3. The fraction of sp³-hybridized carbons (Fsp3) is 0.185. The largest absolute Gasteiger partial charge is 0.490 e. The zero-order chi connectivity index (χ0) is 22.2. The third kappa shape index (κ3) is 3.78. The number of carboxylic acid groups (broad SMARTS) is 1. The molecular weight excluding hydrogens is 402 g/mol. The van der Waals surface area contributed by atoms with Crippen molar-refractivity contribution in [2.45, 2.75) is 32.4 Å². The Morgan fingerprint density at radius 1 is 1.00 bits per heavy atom. The molecule has 5 nitrogen and oxygen atoms in total. The van der Waals surface area contributed by atoms with Crippen molar-refractivity contribution >= 4 is 22.7 Å². The molecule has 0 saturated heterocycles. The van der Waals surface area contributed by atoms with Crippen LogP contribution in [0.1, 0.15) is 46.2 Å². The molecule has 1 N–H and O–H groups in total. The number of ketones is 1. The van der Waals surface area contributed by atoms with Gasteiger partial charge in [-0.25, -0.2) is 4.79 Å². The molecule has 1 fully saturated rings. The second-order valence-corrected chi connectivity index (χ2v) is 8.23. The smallest absolute Gasteiger partial charge is 0.353 e. The van der Waals surface area contributed by atoms with E-state index in [0.29, 0.717) is 23.8 Å². The van der Waals surface area contributed by atoms with Gasteiger partial charge in [0.05, 0.1) is 6.10 Å². The predicted molar refractivity (Wildman–Crippen MR) is 124 cm³/mol. The van der Waals surface area contributed by atoms with Crippen LogP contribution in [-0.2, 0) is 6.54 Å². The number of carbonyl (C=O) groups excluding carboxylic acids is 1. The molecule has 3 aromatic carbocycles. The van der Waals surface area contributed by atoms with Crippen LogP contribution in [-0.4, -0.2) is 27.5 Å². The number of nitrogens with zero attached hydrogens (tertiary/aromatic N) is 1. The topological polar surface area (TPSA) is 68.5 Å². The number of aromatic nitrogens is 1. The highest BCUT2D eigenvalue weighted by Crippen LogP contribution is 2.36.